The molecule has 0 aromatic heterocycles. The average molecular weight is 281 g/mol. The summed E-state index contributed by atoms with van der Waals surface area (Å²) in [5, 5.41) is 3.08. The highest BCUT2D eigenvalue weighted by Gasteiger charge is 2.40. The minimum absolute atomic E-state index is 0.264. The van der Waals surface area contributed by atoms with Gasteiger partial charge in [-0.2, -0.15) is 0 Å². The zero-order chi connectivity index (χ0) is 14.9. The quantitative estimate of drug-likeness (QED) is 0.745. The number of carbonyl (C=O) groups is 1. The van der Waals surface area contributed by atoms with E-state index in [2.05, 4.69) is 24.2 Å². The molecular formula is C16H31N3O. The summed E-state index contributed by atoms with van der Waals surface area (Å²) in [6, 6.07) is 0.360. The first kappa shape index (κ1) is 15.8. The number of nitrogens with zero attached hydrogens (tertiary/aromatic N) is 1. The van der Waals surface area contributed by atoms with Crippen LogP contribution in [0.5, 0.6) is 0 Å². The van der Waals surface area contributed by atoms with Gasteiger partial charge in [0.1, 0.15) is 0 Å². The van der Waals surface area contributed by atoms with Crippen LogP contribution in [0, 0.1) is 17.8 Å². The van der Waals surface area contributed by atoms with Crippen molar-refractivity contribution in [1.82, 2.24) is 10.2 Å². The van der Waals surface area contributed by atoms with E-state index in [1.807, 2.05) is 14.0 Å². The number of rotatable bonds is 7. The molecule has 0 aromatic rings. The molecule has 20 heavy (non-hydrogen) atoms. The highest BCUT2D eigenvalue weighted by Crippen LogP contribution is 2.48. The summed E-state index contributed by atoms with van der Waals surface area (Å²) in [7, 11) is 4.00. The van der Waals surface area contributed by atoms with E-state index in [4.69, 9.17) is 5.73 Å². The number of nitrogens with one attached hydrogen (secondary N) is 1. The topological polar surface area (TPSA) is 58.4 Å². The van der Waals surface area contributed by atoms with Gasteiger partial charge in [0.25, 0.3) is 0 Å². The second-order valence-electron chi connectivity index (χ2n) is 7.37. The van der Waals surface area contributed by atoms with Crippen LogP contribution in [0.2, 0.25) is 0 Å². The number of primary amides is 1. The molecule has 5 unspecified atom stereocenters. The Bertz CT molecular complexity index is 360. The van der Waals surface area contributed by atoms with Crippen molar-refractivity contribution >= 4 is 5.91 Å². The summed E-state index contributed by atoms with van der Waals surface area (Å²) >= 11 is 0. The summed E-state index contributed by atoms with van der Waals surface area (Å²) in [6.45, 7) is 5.27. The summed E-state index contributed by atoms with van der Waals surface area (Å²) in [6.07, 6.45) is 6.53. The summed E-state index contributed by atoms with van der Waals surface area (Å²) in [4.78, 5) is 14.0. The van der Waals surface area contributed by atoms with Crippen LogP contribution in [0.3, 0.4) is 0 Å². The van der Waals surface area contributed by atoms with Gasteiger partial charge in [0.05, 0.1) is 5.54 Å². The van der Waals surface area contributed by atoms with E-state index in [9.17, 15) is 4.79 Å². The molecular weight excluding hydrogens is 250 g/mol. The van der Waals surface area contributed by atoms with E-state index in [1.54, 1.807) is 0 Å². The number of amides is 1. The second-order valence-corrected chi connectivity index (χ2v) is 7.37. The van der Waals surface area contributed by atoms with Gasteiger partial charge >= 0.3 is 0 Å². The van der Waals surface area contributed by atoms with Crippen LogP contribution < -0.4 is 11.1 Å². The standard InChI is InChI=1S/C16H31N3O/c1-11(9-16(2,18-3)15(17)20)19(4)10-14-8-12-5-6-13(14)7-12/h11-14,18H,5-10H2,1-4H3,(H2,17,20). The molecule has 2 saturated carbocycles. The molecule has 0 saturated heterocycles. The van der Waals surface area contributed by atoms with E-state index >= 15 is 0 Å². The molecule has 2 aliphatic carbocycles. The predicted molar refractivity (Wildman–Crippen MR) is 82.3 cm³/mol. The van der Waals surface area contributed by atoms with Crippen molar-refractivity contribution in [2.24, 2.45) is 23.5 Å². The smallest absolute Gasteiger partial charge is 0.237 e. The summed E-state index contributed by atoms with van der Waals surface area (Å²) in [5.74, 6) is 2.57. The molecule has 4 nitrogen and oxygen atoms in total. The molecule has 3 N–H and O–H groups in total. The van der Waals surface area contributed by atoms with Gasteiger partial charge in [0.2, 0.25) is 5.91 Å². The fourth-order valence-electron chi connectivity index (χ4n) is 4.22. The molecule has 2 rings (SSSR count). The van der Waals surface area contributed by atoms with Crippen LogP contribution in [0.15, 0.2) is 0 Å². The summed E-state index contributed by atoms with van der Waals surface area (Å²) in [5.41, 5.74) is 4.91. The van der Waals surface area contributed by atoms with Crippen LogP contribution in [-0.4, -0.2) is 43.0 Å². The van der Waals surface area contributed by atoms with Crippen LogP contribution in [0.4, 0.5) is 0 Å². The molecule has 0 heterocycles. The Balaban J connectivity index is 1.85. The lowest BCUT2D eigenvalue weighted by Gasteiger charge is -2.35. The minimum Gasteiger partial charge on any atom is -0.368 e. The van der Waals surface area contributed by atoms with Crippen LogP contribution in [0.1, 0.15) is 46.0 Å². The first-order valence-corrected chi connectivity index (χ1v) is 8.04. The van der Waals surface area contributed by atoms with E-state index in [0.717, 1.165) is 24.2 Å². The first-order chi connectivity index (χ1) is 9.35. The maximum atomic E-state index is 11.6. The van der Waals surface area contributed by atoms with E-state index in [1.165, 1.54) is 32.2 Å². The Kier molecular flexibility index (Phi) is 4.75. The zero-order valence-electron chi connectivity index (χ0n) is 13.5. The van der Waals surface area contributed by atoms with E-state index in [-0.39, 0.29) is 5.91 Å². The molecule has 2 bridgehead atoms. The van der Waals surface area contributed by atoms with Crippen molar-refractivity contribution in [3.05, 3.63) is 0 Å². The van der Waals surface area contributed by atoms with Crippen molar-refractivity contribution in [2.75, 3.05) is 20.6 Å². The van der Waals surface area contributed by atoms with Gasteiger partial charge in [-0.25, -0.2) is 0 Å². The minimum atomic E-state index is -0.609. The molecule has 5 atom stereocenters. The highest BCUT2D eigenvalue weighted by molar-refractivity contribution is 5.84. The summed E-state index contributed by atoms with van der Waals surface area (Å²) < 4.78 is 0. The van der Waals surface area contributed by atoms with Gasteiger partial charge in [-0.15, -0.1) is 0 Å². The monoisotopic (exact) mass is 281 g/mol. The van der Waals surface area contributed by atoms with Crippen molar-refractivity contribution in [1.29, 1.82) is 0 Å². The lowest BCUT2D eigenvalue weighted by molar-refractivity contribution is -0.124. The van der Waals surface area contributed by atoms with Gasteiger partial charge < -0.3 is 16.0 Å². The molecule has 116 valence electrons. The number of hydrogen-bond acceptors (Lipinski definition) is 3. The molecule has 0 aliphatic heterocycles. The number of hydrogen-bond donors (Lipinski definition) is 2. The van der Waals surface area contributed by atoms with Crippen LogP contribution in [0.25, 0.3) is 0 Å². The fourth-order valence-corrected chi connectivity index (χ4v) is 4.22. The SMILES string of the molecule is CNC(C)(CC(C)N(C)CC1CC2CCC1C2)C(N)=O. The Morgan fingerprint density at radius 2 is 2.15 bits per heavy atom. The van der Waals surface area contributed by atoms with Gasteiger partial charge in [0, 0.05) is 12.6 Å². The number of fused-ring (bicyclic) bond motifs is 2. The maximum absolute atomic E-state index is 11.6. The Labute approximate surface area is 123 Å². The van der Waals surface area contributed by atoms with Gasteiger partial charge in [-0.3, -0.25) is 4.79 Å². The van der Waals surface area contributed by atoms with Crippen molar-refractivity contribution < 1.29 is 4.79 Å². The molecule has 0 aromatic carbocycles. The molecule has 2 aliphatic rings. The third-order valence-electron chi connectivity index (χ3n) is 5.96. The third kappa shape index (κ3) is 3.17. The molecule has 1 amide bonds. The molecule has 2 fully saturated rings. The Morgan fingerprint density at radius 3 is 2.60 bits per heavy atom. The lowest BCUT2D eigenvalue weighted by atomic mass is 9.87. The largest absolute Gasteiger partial charge is 0.368 e. The second kappa shape index (κ2) is 6.02. The van der Waals surface area contributed by atoms with Gasteiger partial charge in [0.15, 0.2) is 0 Å². The van der Waals surface area contributed by atoms with Crippen molar-refractivity contribution in [3.63, 3.8) is 0 Å². The highest BCUT2D eigenvalue weighted by atomic mass is 16.1. The average Bonchev–Trinajstić information content (AvgIpc) is 3.00. The Hall–Kier alpha value is -0.610. The van der Waals surface area contributed by atoms with Gasteiger partial charge in [-0.05, 0) is 71.4 Å². The van der Waals surface area contributed by atoms with E-state index < -0.39 is 5.54 Å². The van der Waals surface area contributed by atoms with Gasteiger partial charge in [-0.1, -0.05) is 6.42 Å². The first-order valence-electron chi connectivity index (χ1n) is 8.04. The number of likely N-dealkylation sites (N-methyl/N-ethyl adjacent to an activating group) is 1. The zero-order valence-corrected chi connectivity index (χ0v) is 13.5. The van der Waals surface area contributed by atoms with Crippen molar-refractivity contribution in [2.45, 2.75) is 57.5 Å². The maximum Gasteiger partial charge on any atom is 0.237 e. The number of nitrogens with two attached hydrogens (primary N) is 1. The molecule has 0 radical (unpaired) electrons. The molecule has 0 spiro atoms. The molecule has 4 heteroatoms. The normalized spacial score (nSPS) is 33.4. The van der Waals surface area contributed by atoms with Crippen molar-refractivity contribution in [3.8, 4) is 0 Å². The number of carbonyl (C=O) groups excluding carboxylic acids is 1. The van der Waals surface area contributed by atoms with Crippen LogP contribution >= 0.6 is 0 Å². The predicted octanol–water partition coefficient (Wildman–Crippen LogP) is 1.60. The fraction of sp³-hybridized carbons (Fsp3) is 0.938. The lowest BCUT2D eigenvalue weighted by Crippen LogP contribution is -2.55. The van der Waals surface area contributed by atoms with Crippen LogP contribution in [-0.2, 0) is 4.79 Å². The Morgan fingerprint density at radius 1 is 1.45 bits per heavy atom. The third-order valence-corrected chi connectivity index (χ3v) is 5.96. The van der Waals surface area contributed by atoms with E-state index in [0.29, 0.717) is 6.04 Å².